The third-order valence-electron chi connectivity index (χ3n) is 3.01. The average molecular weight is 272 g/mol. The number of nitrogens with two attached hydrogens (primary N) is 1. The van der Waals surface area contributed by atoms with Gasteiger partial charge in [0.15, 0.2) is 0 Å². The third kappa shape index (κ3) is 2.59. The first kappa shape index (κ1) is 13.2. The fourth-order valence-electron chi connectivity index (χ4n) is 2.17. The summed E-state index contributed by atoms with van der Waals surface area (Å²) in [6.07, 6.45) is 0.815. The molecule has 2 rings (SSSR count). The van der Waals surface area contributed by atoms with E-state index in [-0.39, 0.29) is 22.8 Å². The lowest BCUT2D eigenvalue weighted by molar-refractivity contribution is 0.153. The number of piperidine rings is 1. The maximum absolute atomic E-state index is 13.9. The van der Waals surface area contributed by atoms with Crippen LogP contribution in [-0.2, 0) is 0 Å². The molecule has 1 aliphatic heterocycles. The number of rotatable bonds is 2. The first-order valence-electron chi connectivity index (χ1n) is 5.71. The molecule has 6 heteroatoms. The summed E-state index contributed by atoms with van der Waals surface area (Å²) in [5, 5.41) is 9.54. The summed E-state index contributed by atoms with van der Waals surface area (Å²) in [6, 6.07) is 2.25. The van der Waals surface area contributed by atoms with Crippen molar-refractivity contribution in [1.29, 1.82) is 0 Å². The molecule has 0 saturated carbocycles. The van der Waals surface area contributed by atoms with Crippen molar-refractivity contribution >= 4 is 22.9 Å². The maximum Gasteiger partial charge on any atom is 0.150 e. The van der Waals surface area contributed by atoms with Gasteiger partial charge in [-0.1, -0.05) is 12.2 Å². The minimum absolute atomic E-state index is 0.0435. The van der Waals surface area contributed by atoms with Gasteiger partial charge in [0, 0.05) is 18.7 Å². The zero-order valence-electron chi connectivity index (χ0n) is 9.70. The maximum atomic E-state index is 13.9. The van der Waals surface area contributed by atoms with Crippen molar-refractivity contribution in [2.75, 3.05) is 18.0 Å². The van der Waals surface area contributed by atoms with Gasteiger partial charge in [-0.25, -0.2) is 8.78 Å². The molecule has 1 fully saturated rings. The number of aliphatic hydroxyl groups is 1. The minimum Gasteiger partial charge on any atom is -0.391 e. The highest BCUT2D eigenvalue weighted by atomic mass is 32.1. The number of halogens is 2. The molecule has 0 aliphatic carbocycles. The van der Waals surface area contributed by atoms with E-state index in [1.807, 2.05) is 0 Å². The van der Waals surface area contributed by atoms with Crippen LogP contribution in [0.2, 0.25) is 0 Å². The summed E-state index contributed by atoms with van der Waals surface area (Å²) in [4.78, 5) is 1.47. The van der Waals surface area contributed by atoms with Gasteiger partial charge in [0.05, 0.1) is 6.10 Å². The number of thiocarbonyl (C=S) groups is 1. The van der Waals surface area contributed by atoms with E-state index in [0.29, 0.717) is 19.4 Å². The monoisotopic (exact) mass is 272 g/mol. The molecule has 98 valence electrons. The first-order valence-corrected chi connectivity index (χ1v) is 6.11. The molecule has 0 amide bonds. The van der Waals surface area contributed by atoms with Gasteiger partial charge in [-0.15, -0.1) is 0 Å². The van der Waals surface area contributed by atoms with Gasteiger partial charge in [0.2, 0.25) is 0 Å². The SMILES string of the molecule is NC(=S)c1cc(F)c(N2CCCC(O)C2)c(F)c1. The summed E-state index contributed by atoms with van der Waals surface area (Å²) in [7, 11) is 0. The van der Waals surface area contributed by atoms with E-state index in [2.05, 4.69) is 0 Å². The number of anilines is 1. The molecular formula is C12H14F2N2OS. The second-order valence-electron chi connectivity index (χ2n) is 4.39. The van der Waals surface area contributed by atoms with Gasteiger partial charge in [-0.05, 0) is 25.0 Å². The molecule has 1 aromatic carbocycles. The lowest BCUT2D eigenvalue weighted by atomic mass is 10.1. The highest BCUT2D eigenvalue weighted by Crippen LogP contribution is 2.27. The first-order chi connectivity index (χ1) is 8.49. The molecule has 0 radical (unpaired) electrons. The molecule has 1 atom stereocenters. The number of nitrogens with zero attached hydrogens (tertiary/aromatic N) is 1. The van der Waals surface area contributed by atoms with E-state index in [0.717, 1.165) is 12.1 Å². The Labute approximate surface area is 109 Å². The normalized spacial score (nSPS) is 19.9. The number of β-amino-alcohol motifs (C(OH)–C–C–N with tert-alkyl or cyclic N) is 1. The van der Waals surface area contributed by atoms with Crippen molar-refractivity contribution in [3.05, 3.63) is 29.3 Å². The van der Waals surface area contributed by atoms with Crippen LogP contribution in [0.1, 0.15) is 18.4 Å². The molecule has 3 N–H and O–H groups in total. The molecule has 1 saturated heterocycles. The summed E-state index contributed by atoms with van der Waals surface area (Å²) in [5.74, 6) is -1.40. The zero-order valence-corrected chi connectivity index (χ0v) is 10.5. The van der Waals surface area contributed by atoms with Crippen molar-refractivity contribution in [3.8, 4) is 0 Å². The summed E-state index contributed by atoms with van der Waals surface area (Å²) in [6.45, 7) is 0.761. The van der Waals surface area contributed by atoms with Crippen LogP contribution in [-0.4, -0.2) is 29.3 Å². The fraction of sp³-hybridized carbons (Fsp3) is 0.417. The number of hydrogen-bond donors (Lipinski definition) is 2. The Morgan fingerprint density at radius 2 is 2.00 bits per heavy atom. The van der Waals surface area contributed by atoms with Gasteiger partial charge in [0.1, 0.15) is 22.3 Å². The molecule has 0 spiro atoms. The lowest BCUT2D eigenvalue weighted by Gasteiger charge is -2.32. The zero-order chi connectivity index (χ0) is 13.3. The van der Waals surface area contributed by atoms with Crippen LogP contribution in [0.15, 0.2) is 12.1 Å². The van der Waals surface area contributed by atoms with Crippen LogP contribution in [0.4, 0.5) is 14.5 Å². The van der Waals surface area contributed by atoms with Gasteiger partial charge < -0.3 is 15.7 Å². The Morgan fingerprint density at radius 3 is 2.50 bits per heavy atom. The predicted octanol–water partition coefficient (Wildman–Crippen LogP) is 1.56. The Bertz CT molecular complexity index is 458. The van der Waals surface area contributed by atoms with Crippen LogP contribution in [0.3, 0.4) is 0 Å². The molecule has 0 aromatic heterocycles. The summed E-state index contributed by atoms with van der Waals surface area (Å²) < 4.78 is 27.8. The molecule has 1 aliphatic rings. The van der Waals surface area contributed by atoms with Crippen molar-refractivity contribution in [1.82, 2.24) is 0 Å². The minimum atomic E-state index is -0.702. The van der Waals surface area contributed by atoms with Crippen LogP contribution in [0, 0.1) is 11.6 Å². The molecule has 1 unspecified atom stereocenters. The van der Waals surface area contributed by atoms with Gasteiger partial charge >= 0.3 is 0 Å². The van der Waals surface area contributed by atoms with Crippen molar-refractivity contribution in [3.63, 3.8) is 0 Å². The van der Waals surface area contributed by atoms with Crippen LogP contribution in [0.25, 0.3) is 0 Å². The standard InChI is InChI=1S/C12H14F2N2OS/c13-9-4-7(12(15)18)5-10(14)11(9)16-3-1-2-8(17)6-16/h4-5,8,17H,1-3,6H2,(H2,15,18). The Balaban J connectivity index is 2.36. The van der Waals surface area contributed by atoms with E-state index in [1.54, 1.807) is 0 Å². The molecule has 18 heavy (non-hydrogen) atoms. The third-order valence-corrected chi connectivity index (χ3v) is 3.25. The van der Waals surface area contributed by atoms with E-state index >= 15 is 0 Å². The number of hydrogen-bond acceptors (Lipinski definition) is 3. The Morgan fingerprint density at radius 1 is 1.39 bits per heavy atom. The summed E-state index contributed by atoms with van der Waals surface area (Å²) >= 11 is 4.69. The Kier molecular flexibility index (Phi) is 3.77. The summed E-state index contributed by atoms with van der Waals surface area (Å²) in [5.41, 5.74) is 5.40. The predicted molar refractivity (Wildman–Crippen MR) is 69.7 cm³/mol. The van der Waals surface area contributed by atoms with E-state index in [9.17, 15) is 13.9 Å². The van der Waals surface area contributed by atoms with Crippen molar-refractivity contribution < 1.29 is 13.9 Å². The van der Waals surface area contributed by atoms with Gasteiger partial charge in [0.25, 0.3) is 0 Å². The largest absolute Gasteiger partial charge is 0.391 e. The molecular weight excluding hydrogens is 258 g/mol. The molecule has 1 aromatic rings. The second-order valence-corrected chi connectivity index (χ2v) is 4.83. The van der Waals surface area contributed by atoms with E-state index < -0.39 is 17.7 Å². The topological polar surface area (TPSA) is 49.5 Å². The molecule has 3 nitrogen and oxygen atoms in total. The Hall–Kier alpha value is -1.27. The van der Waals surface area contributed by atoms with Crippen molar-refractivity contribution in [2.24, 2.45) is 5.73 Å². The fourth-order valence-corrected chi connectivity index (χ4v) is 2.29. The quantitative estimate of drug-likeness (QED) is 0.802. The van der Waals surface area contributed by atoms with Crippen LogP contribution in [0.5, 0.6) is 0 Å². The average Bonchev–Trinajstić information content (AvgIpc) is 2.27. The second kappa shape index (κ2) is 5.16. The highest BCUT2D eigenvalue weighted by molar-refractivity contribution is 7.80. The van der Waals surface area contributed by atoms with Crippen LogP contribution < -0.4 is 10.6 Å². The van der Waals surface area contributed by atoms with Gasteiger partial charge in [-0.3, -0.25) is 0 Å². The van der Waals surface area contributed by atoms with Crippen LogP contribution >= 0.6 is 12.2 Å². The lowest BCUT2D eigenvalue weighted by Crippen LogP contribution is -2.39. The number of aliphatic hydroxyl groups excluding tert-OH is 1. The number of benzene rings is 1. The molecule has 0 bridgehead atoms. The van der Waals surface area contributed by atoms with E-state index in [1.165, 1.54) is 4.90 Å². The van der Waals surface area contributed by atoms with Crippen molar-refractivity contribution in [2.45, 2.75) is 18.9 Å². The van der Waals surface area contributed by atoms with Gasteiger partial charge in [-0.2, -0.15) is 0 Å². The van der Waals surface area contributed by atoms with E-state index in [4.69, 9.17) is 18.0 Å². The smallest absolute Gasteiger partial charge is 0.150 e. The highest BCUT2D eigenvalue weighted by Gasteiger charge is 2.24. The molecule has 1 heterocycles.